The zero-order valence-electron chi connectivity index (χ0n) is 18.2. The minimum atomic E-state index is -2.95. The first kappa shape index (κ1) is 24.1. The van der Waals surface area contributed by atoms with Gasteiger partial charge >= 0.3 is 0 Å². The Balaban J connectivity index is 1.86. The van der Waals surface area contributed by atoms with Crippen LogP contribution in [0.2, 0.25) is 5.02 Å². The van der Waals surface area contributed by atoms with Gasteiger partial charge in [0, 0.05) is 31.3 Å². The molecule has 1 fully saturated rings. The van der Waals surface area contributed by atoms with Crippen LogP contribution in [0, 0.1) is 25.2 Å². The van der Waals surface area contributed by atoms with Crippen molar-refractivity contribution in [1.29, 1.82) is 5.26 Å². The number of benzene rings is 1. The van der Waals surface area contributed by atoms with Gasteiger partial charge < -0.3 is 15.2 Å². The van der Waals surface area contributed by atoms with E-state index in [1.54, 1.807) is 19.1 Å². The number of nitrogens with zero attached hydrogens (tertiary/aromatic N) is 2. The largest absolute Gasteiger partial charge is 0.342 e. The first-order chi connectivity index (χ1) is 15.3. The molecule has 1 heterocycles. The van der Waals surface area contributed by atoms with Gasteiger partial charge in [0.2, 0.25) is 0 Å². The zero-order chi connectivity index (χ0) is 24.7. The summed E-state index contributed by atoms with van der Waals surface area (Å²) >= 11 is 6.34. The molecule has 1 aromatic carbocycles. The third kappa shape index (κ3) is 4.39. The highest BCUT2D eigenvalue weighted by Gasteiger charge is 2.56. The molecule has 0 unspecified atom stereocenters. The van der Waals surface area contributed by atoms with E-state index in [4.69, 9.17) is 11.6 Å². The van der Waals surface area contributed by atoms with E-state index in [2.05, 4.69) is 17.2 Å². The van der Waals surface area contributed by atoms with Gasteiger partial charge in [0.25, 0.3) is 23.5 Å². The van der Waals surface area contributed by atoms with Gasteiger partial charge in [-0.05, 0) is 31.5 Å². The molecule has 0 bridgehead atoms. The molecule has 172 valence electrons. The summed E-state index contributed by atoms with van der Waals surface area (Å²) < 4.78 is 28.1. The molecule has 1 aliphatic rings. The Bertz CT molecular complexity index is 1240. The van der Waals surface area contributed by atoms with E-state index in [9.17, 15) is 28.4 Å². The summed E-state index contributed by atoms with van der Waals surface area (Å²) in [6, 6.07) is 6.81. The number of aromatic nitrogens is 1. The van der Waals surface area contributed by atoms with Crippen molar-refractivity contribution in [2.45, 2.75) is 38.2 Å². The van der Waals surface area contributed by atoms with Gasteiger partial charge in [0.1, 0.15) is 5.69 Å². The van der Waals surface area contributed by atoms with E-state index < -0.39 is 41.9 Å². The lowest BCUT2D eigenvalue weighted by Gasteiger charge is -2.45. The third-order valence-corrected chi connectivity index (χ3v) is 6.16. The second-order valence-corrected chi connectivity index (χ2v) is 8.51. The highest BCUT2D eigenvalue weighted by Crippen LogP contribution is 2.46. The van der Waals surface area contributed by atoms with Crippen LogP contribution in [0.1, 0.15) is 50.5 Å². The molecule has 2 aromatic rings. The maximum absolute atomic E-state index is 13.3. The van der Waals surface area contributed by atoms with Gasteiger partial charge in [0.05, 0.1) is 27.8 Å². The van der Waals surface area contributed by atoms with Crippen molar-refractivity contribution >= 4 is 34.9 Å². The van der Waals surface area contributed by atoms with E-state index in [1.165, 1.54) is 30.7 Å². The Hall–Kier alpha value is -3.51. The summed E-state index contributed by atoms with van der Waals surface area (Å²) in [6.45, 7) is 6.74. The number of amides is 2. The quantitative estimate of drug-likeness (QED) is 0.374. The average molecular weight is 475 g/mol. The minimum absolute atomic E-state index is 0.0713. The Labute approximate surface area is 194 Å². The molecule has 10 heteroatoms. The number of nitrogens with one attached hydrogen (secondary N) is 2. The number of carbonyl (C=O) groups is 3. The molecular formula is C23H21ClF2N4O3. The van der Waals surface area contributed by atoms with Crippen molar-refractivity contribution in [3.8, 4) is 6.07 Å². The van der Waals surface area contributed by atoms with Gasteiger partial charge in [-0.25, -0.2) is 8.78 Å². The molecule has 2 amide bonds. The smallest absolute Gasteiger partial charge is 0.293 e. The number of Topliss-reactive ketones (excluding diaryl/α,β-unsaturated/α-hetero) is 1. The molecule has 7 nitrogen and oxygen atoms in total. The number of anilines is 1. The van der Waals surface area contributed by atoms with Crippen LogP contribution < -0.4 is 10.6 Å². The number of nitriles is 1. The molecule has 33 heavy (non-hydrogen) atoms. The molecule has 0 saturated heterocycles. The fourth-order valence-corrected chi connectivity index (χ4v) is 4.27. The van der Waals surface area contributed by atoms with E-state index >= 15 is 0 Å². The summed E-state index contributed by atoms with van der Waals surface area (Å²) in [6.07, 6.45) is -0.122. The molecule has 0 aliphatic heterocycles. The molecule has 3 rings (SSSR count). The Morgan fingerprint density at radius 1 is 1.27 bits per heavy atom. The van der Waals surface area contributed by atoms with Crippen molar-refractivity contribution in [1.82, 2.24) is 9.88 Å². The molecular weight excluding hydrogens is 454 g/mol. The fourth-order valence-electron chi connectivity index (χ4n) is 3.84. The van der Waals surface area contributed by atoms with Crippen molar-refractivity contribution in [3.05, 3.63) is 64.0 Å². The molecule has 0 radical (unpaired) electrons. The van der Waals surface area contributed by atoms with Gasteiger partial charge in [-0.2, -0.15) is 5.26 Å². The first-order valence-corrected chi connectivity index (χ1v) is 10.3. The summed E-state index contributed by atoms with van der Waals surface area (Å²) in [5, 5.41) is 13.9. The van der Waals surface area contributed by atoms with E-state index in [-0.39, 0.29) is 22.0 Å². The highest BCUT2D eigenvalue weighted by atomic mass is 35.5. The van der Waals surface area contributed by atoms with Crippen LogP contribution in [0.15, 0.2) is 30.9 Å². The molecule has 1 aliphatic carbocycles. The van der Waals surface area contributed by atoms with Crippen molar-refractivity contribution < 1.29 is 23.2 Å². The number of ketones is 1. The van der Waals surface area contributed by atoms with Crippen molar-refractivity contribution in [3.63, 3.8) is 0 Å². The van der Waals surface area contributed by atoms with Crippen LogP contribution in [0.5, 0.6) is 0 Å². The lowest BCUT2D eigenvalue weighted by molar-refractivity contribution is -0.135. The predicted molar refractivity (Wildman–Crippen MR) is 119 cm³/mol. The summed E-state index contributed by atoms with van der Waals surface area (Å²) in [4.78, 5) is 38.3. The van der Waals surface area contributed by atoms with Crippen LogP contribution in [0.4, 0.5) is 14.5 Å². The maximum Gasteiger partial charge on any atom is 0.293 e. The number of halogens is 3. The van der Waals surface area contributed by atoms with Gasteiger partial charge in [-0.1, -0.05) is 23.7 Å². The molecule has 1 saturated carbocycles. The number of rotatable bonds is 6. The lowest BCUT2D eigenvalue weighted by atomic mass is 9.73. The van der Waals surface area contributed by atoms with Gasteiger partial charge in [-0.3, -0.25) is 14.4 Å². The second kappa shape index (κ2) is 8.45. The van der Waals surface area contributed by atoms with Crippen molar-refractivity contribution in [2.24, 2.45) is 7.05 Å². The van der Waals surface area contributed by atoms with Gasteiger partial charge in [0.15, 0.2) is 0 Å². The molecule has 0 spiro atoms. The van der Waals surface area contributed by atoms with Gasteiger partial charge in [-0.15, -0.1) is 6.58 Å². The minimum Gasteiger partial charge on any atom is -0.342 e. The average Bonchev–Trinajstić information content (AvgIpc) is 2.95. The van der Waals surface area contributed by atoms with E-state index in [1.807, 2.05) is 6.07 Å². The first-order valence-electron chi connectivity index (χ1n) is 9.90. The van der Waals surface area contributed by atoms with Crippen LogP contribution in [-0.2, 0) is 11.8 Å². The predicted octanol–water partition coefficient (Wildman–Crippen LogP) is 4.07. The molecule has 1 aromatic heterocycles. The SMILES string of the molecule is C=CC1(NC(=O)C(=O)c2c(Cl)c(C(=O)Nc3ccc(C)c(C#N)c3)n(C)c2C)CC(F)(F)C1. The van der Waals surface area contributed by atoms with E-state index in [0.29, 0.717) is 11.3 Å². The number of carbonyl (C=O) groups excluding carboxylic acids is 3. The van der Waals surface area contributed by atoms with E-state index in [0.717, 1.165) is 5.56 Å². The standard InChI is InChI=1S/C23H21ClF2N4O3/c1-5-22(10-23(25,26)11-22)29-21(33)19(31)16-13(3)30(4)18(17(16)24)20(32)28-15-7-6-12(2)14(8-15)9-27/h5-8H,1,10-11H2,2-4H3,(H,28,32)(H,29,33). The van der Waals surface area contributed by atoms with Crippen LogP contribution in [0.3, 0.4) is 0 Å². The molecule has 2 N–H and O–H groups in total. The molecule has 0 atom stereocenters. The number of alkyl halides is 2. The van der Waals surface area contributed by atoms with Crippen LogP contribution in [0.25, 0.3) is 0 Å². The lowest BCUT2D eigenvalue weighted by Crippen LogP contribution is -2.62. The zero-order valence-corrected chi connectivity index (χ0v) is 18.9. The third-order valence-electron chi connectivity index (χ3n) is 5.79. The summed E-state index contributed by atoms with van der Waals surface area (Å²) in [5.41, 5.74) is 0.0674. The number of hydrogen-bond acceptors (Lipinski definition) is 4. The van der Waals surface area contributed by atoms with Crippen LogP contribution >= 0.6 is 11.6 Å². The second-order valence-electron chi connectivity index (χ2n) is 8.13. The maximum atomic E-state index is 13.3. The fraction of sp³-hybridized carbons (Fsp3) is 0.304. The Morgan fingerprint density at radius 2 is 1.91 bits per heavy atom. The Kier molecular flexibility index (Phi) is 6.18. The monoisotopic (exact) mass is 474 g/mol. The number of hydrogen-bond donors (Lipinski definition) is 2. The number of aryl methyl sites for hydroxylation is 1. The Morgan fingerprint density at radius 3 is 2.45 bits per heavy atom. The normalized spacial score (nSPS) is 15.7. The van der Waals surface area contributed by atoms with Crippen LogP contribution in [-0.4, -0.2) is 33.6 Å². The highest BCUT2D eigenvalue weighted by molar-refractivity contribution is 6.48. The summed E-state index contributed by atoms with van der Waals surface area (Å²) in [7, 11) is 1.50. The summed E-state index contributed by atoms with van der Waals surface area (Å²) in [5.74, 6) is -5.77. The van der Waals surface area contributed by atoms with Crippen molar-refractivity contribution in [2.75, 3.05) is 5.32 Å². The topological polar surface area (TPSA) is 104 Å².